The molecule has 4 heteroatoms. The minimum absolute atomic E-state index is 0.128. The molecule has 0 radical (unpaired) electrons. The normalized spacial score (nSPS) is 12.1. The van der Waals surface area contributed by atoms with Crippen molar-refractivity contribution in [3.05, 3.63) is 33.8 Å². The molecule has 0 aliphatic heterocycles. The Morgan fingerprint density at radius 1 is 1.47 bits per heavy atom. The molecule has 2 nitrogen and oxygen atoms in total. The first-order chi connectivity index (χ1) is 7.15. The molecular formula is C11H12Cl2N2. The van der Waals surface area contributed by atoms with Crippen LogP contribution >= 0.6 is 23.2 Å². The summed E-state index contributed by atoms with van der Waals surface area (Å²) < 4.78 is 0. The number of hydrogen-bond acceptors (Lipinski definition) is 2. The first-order valence-electron chi connectivity index (χ1n) is 4.70. The van der Waals surface area contributed by atoms with Crippen molar-refractivity contribution in [2.75, 3.05) is 6.54 Å². The van der Waals surface area contributed by atoms with Crippen molar-refractivity contribution in [2.24, 2.45) is 0 Å². The average Bonchev–Trinajstić information content (AvgIpc) is 2.17. The van der Waals surface area contributed by atoms with Crippen LogP contribution in [-0.2, 0) is 0 Å². The SMILES string of the molecule is CC(NCCC#N)c1ccc(Cl)cc1Cl. The third-order valence-corrected chi connectivity index (χ3v) is 2.68. The second-order valence-electron chi connectivity index (χ2n) is 3.25. The number of benzene rings is 1. The van der Waals surface area contributed by atoms with E-state index < -0.39 is 0 Å². The third-order valence-electron chi connectivity index (χ3n) is 2.12. The van der Waals surface area contributed by atoms with E-state index in [-0.39, 0.29) is 6.04 Å². The van der Waals surface area contributed by atoms with Crippen LogP contribution in [0.5, 0.6) is 0 Å². The molecule has 0 bridgehead atoms. The van der Waals surface area contributed by atoms with Crippen molar-refractivity contribution in [1.29, 1.82) is 5.26 Å². The predicted octanol–water partition coefficient (Wildman–Crippen LogP) is 3.56. The molecule has 1 rings (SSSR count). The minimum Gasteiger partial charge on any atom is -0.309 e. The quantitative estimate of drug-likeness (QED) is 0.820. The monoisotopic (exact) mass is 242 g/mol. The smallest absolute Gasteiger partial charge is 0.0635 e. The molecule has 0 spiro atoms. The van der Waals surface area contributed by atoms with Crippen LogP contribution in [0.15, 0.2) is 18.2 Å². The van der Waals surface area contributed by atoms with E-state index in [2.05, 4.69) is 11.4 Å². The van der Waals surface area contributed by atoms with Crippen molar-refractivity contribution >= 4 is 23.2 Å². The maximum atomic E-state index is 8.41. The summed E-state index contributed by atoms with van der Waals surface area (Å²) in [6.07, 6.45) is 0.496. The zero-order valence-corrected chi connectivity index (χ0v) is 9.94. The van der Waals surface area contributed by atoms with Gasteiger partial charge in [0.15, 0.2) is 0 Å². The fourth-order valence-electron chi connectivity index (χ4n) is 1.31. The molecule has 0 saturated carbocycles. The van der Waals surface area contributed by atoms with E-state index in [0.29, 0.717) is 23.0 Å². The summed E-state index contributed by atoms with van der Waals surface area (Å²) in [7, 11) is 0. The number of nitrogens with zero attached hydrogens (tertiary/aromatic N) is 1. The van der Waals surface area contributed by atoms with E-state index >= 15 is 0 Å². The van der Waals surface area contributed by atoms with Gasteiger partial charge in [0, 0.05) is 29.1 Å². The molecule has 0 fully saturated rings. The summed E-state index contributed by atoms with van der Waals surface area (Å²) in [4.78, 5) is 0. The average molecular weight is 243 g/mol. The molecule has 0 aromatic heterocycles. The van der Waals surface area contributed by atoms with E-state index in [9.17, 15) is 0 Å². The molecule has 80 valence electrons. The lowest BCUT2D eigenvalue weighted by atomic mass is 10.1. The van der Waals surface area contributed by atoms with Gasteiger partial charge in [-0.1, -0.05) is 29.3 Å². The van der Waals surface area contributed by atoms with Gasteiger partial charge in [0.1, 0.15) is 0 Å². The van der Waals surface area contributed by atoms with Crippen molar-refractivity contribution < 1.29 is 0 Å². The van der Waals surface area contributed by atoms with Crippen molar-refractivity contribution in [2.45, 2.75) is 19.4 Å². The van der Waals surface area contributed by atoms with Gasteiger partial charge in [-0.05, 0) is 24.6 Å². The molecule has 1 unspecified atom stereocenters. The fourth-order valence-corrected chi connectivity index (χ4v) is 1.88. The van der Waals surface area contributed by atoms with E-state index in [0.717, 1.165) is 5.56 Å². The van der Waals surface area contributed by atoms with Crippen LogP contribution in [0.25, 0.3) is 0 Å². The largest absolute Gasteiger partial charge is 0.309 e. The Labute approximate surface area is 99.8 Å². The summed E-state index contributed by atoms with van der Waals surface area (Å²) in [6.45, 7) is 2.67. The Bertz CT molecular complexity index is 371. The first-order valence-corrected chi connectivity index (χ1v) is 5.46. The summed E-state index contributed by atoms with van der Waals surface area (Å²) in [5.74, 6) is 0. The number of hydrogen-bond donors (Lipinski definition) is 1. The Hall–Kier alpha value is -0.750. The molecule has 1 N–H and O–H groups in total. The highest BCUT2D eigenvalue weighted by atomic mass is 35.5. The third kappa shape index (κ3) is 3.71. The van der Waals surface area contributed by atoms with Crippen LogP contribution in [0.3, 0.4) is 0 Å². The molecule has 0 saturated heterocycles. The zero-order chi connectivity index (χ0) is 11.3. The molecule has 1 aromatic rings. The van der Waals surface area contributed by atoms with Gasteiger partial charge in [-0.2, -0.15) is 5.26 Å². The molecule has 0 amide bonds. The second kappa shape index (κ2) is 5.97. The lowest BCUT2D eigenvalue weighted by Gasteiger charge is -2.14. The van der Waals surface area contributed by atoms with Gasteiger partial charge in [-0.25, -0.2) is 0 Å². The zero-order valence-electron chi connectivity index (χ0n) is 8.43. The Balaban J connectivity index is 2.66. The molecule has 0 aliphatic rings. The van der Waals surface area contributed by atoms with Gasteiger partial charge in [-0.15, -0.1) is 0 Å². The van der Waals surface area contributed by atoms with E-state index in [1.165, 1.54) is 0 Å². The minimum atomic E-state index is 0.128. The molecular weight excluding hydrogens is 231 g/mol. The number of halogens is 2. The molecule has 1 aromatic carbocycles. The summed E-state index contributed by atoms with van der Waals surface area (Å²) >= 11 is 11.8. The van der Waals surface area contributed by atoms with E-state index in [1.807, 2.05) is 19.1 Å². The van der Waals surface area contributed by atoms with Crippen LogP contribution < -0.4 is 5.32 Å². The fraction of sp³-hybridized carbons (Fsp3) is 0.364. The van der Waals surface area contributed by atoms with Crippen molar-refractivity contribution in [3.63, 3.8) is 0 Å². The van der Waals surface area contributed by atoms with Gasteiger partial charge in [0.25, 0.3) is 0 Å². The Morgan fingerprint density at radius 2 is 2.20 bits per heavy atom. The lowest BCUT2D eigenvalue weighted by molar-refractivity contribution is 0.583. The van der Waals surface area contributed by atoms with Crippen LogP contribution in [0.2, 0.25) is 10.0 Å². The van der Waals surface area contributed by atoms with Gasteiger partial charge >= 0.3 is 0 Å². The highest BCUT2D eigenvalue weighted by molar-refractivity contribution is 6.35. The molecule has 1 atom stereocenters. The predicted molar refractivity (Wildman–Crippen MR) is 63.1 cm³/mol. The van der Waals surface area contributed by atoms with Gasteiger partial charge in [0.2, 0.25) is 0 Å². The highest BCUT2D eigenvalue weighted by Crippen LogP contribution is 2.25. The molecule has 0 aliphatic carbocycles. The number of rotatable bonds is 4. The van der Waals surface area contributed by atoms with Crippen LogP contribution in [0.1, 0.15) is 24.9 Å². The molecule has 15 heavy (non-hydrogen) atoms. The maximum absolute atomic E-state index is 8.41. The van der Waals surface area contributed by atoms with E-state index in [4.69, 9.17) is 28.5 Å². The van der Waals surface area contributed by atoms with Crippen LogP contribution in [-0.4, -0.2) is 6.54 Å². The topological polar surface area (TPSA) is 35.8 Å². The number of nitrogens with one attached hydrogen (secondary N) is 1. The number of nitriles is 1. The first kappa shape index (κ1) is 12.3. The van der Waals surface area contributed by atoms with E-state index in [1.54, 1.807) is 6.07 Å². The van der Waals surface area contributed by atoms with Crippen molar-refractivity contribution in [3.8, 4) is 6.07 Å². The van der Waals surface area contributed by atoms with Crippen molar-refractivity contribution in [1.82, 2.24) is 5.32 Å². The van der Waals surface area contributed by atoms with Gasteiger partial charge in [-0.3, -0.25) is 0 Å². The summed E-state index contributed by atoms with van der Waals surface area (Å²) in [5.41, 5.74) is 0.999. The molecule has 0 heterocycles. The van der Waals surface area contributed by atoms with Gasteiger partial charge in [0.05, 0.1) is 6.07 Å². The Kier molecular flexibility index (Phi) is 4.90. The van der Waals surface area contributed by atoms with Gasteiger partial charge < -0.3 is 5.32 Å². The lowest BCUT2D eigenvalue weighted by Crippen LogP contribution is -2.19. The maximum Gasteiger partial charge on any atom is 0.0635 e. The van der Waals surface area contributed by atoms with Crippen LogP contribution in [0, 0.1) is 11.3 Å². The Morgan fingerprint density at radius 3 is 2.80 bits per heavy atom. The second-order valence-corrected chi connectivity index (χ2v) is 4.09. The summed E-state index contributed by atoms with van der Waals surface area (Å²) in [6, 6.07) is 7.64. The summed E-state index contributed by atoms with van der Waals surface area (Å²) in [5, 5.41) is 12.9. The van der Waals surface area contributed by atoms with Crippen LogP contribution in [0.4, 0.5) is 0 Å². The standard InChI is InChI=1S/C11H12Cl2N2/c1-8(15-6-2-5-14)10-4-3-9(12)7-11(10)13/h3-4,7-8,15H,2,6H2,1H3. The highest BCUT2D eigenvalue weighted by Gasteiger charge is 2.08.